The van der Waals surface area contributed by atoms with E-state index in [1.807, 2.05) is 20.8 Å². The van der Waals surface area contributed by atoms with E-state index in [0.717, 1.165) is 17.7 Å². The average molecular weight is 296 g/mol. The van der Waals surface area contributed by atoms with Gasteiger partial charge in [-0.25, -0.2) is 0 Å². The summed E-state index contributed by atoms with van der Waals surface area (Å²) in [4.78, 5) is 13.0. The van der Waals surface area contributed by atoms with Crippen molar-refractivity contribution in [2.75, 3.05) is 19.6 Å². The Balaban J connectivity index is 4.58. The van der Waals surface area contributed by atoms with Crippen LogP contribution in [0.4, 0.5) is 13.2 Å². The average Bonchev–Trinajstić information content (AvgIpc) is 2.31. The smallest absolute Gasteiger partial charge is 0.334 e. The van der Waals surface area contributed by atoms with Crippen molar-refractivity contribution in [1.29, 1.82) is 0 Å². The number of carbonyl (C=O) groups excluding carboxylic acids is 1. The molecule has 0 aliphatic heterocycles. The molecule has 0 aromatic carbocycles. The molecular weight excluding hydrogens is 269 g/mol. The first kappa shape index (κ1) is 19.2. The van der Waals surface area contributed by atoms with E-state index in [9.17, 15) is 18.0 Å². The first-order chi connectivity index (χ1) is 9.19. The third-order valence-corrected chi connectivity index (χ3v) is 3.11. The molecule has 0 aromatic rings. The molecule has 0 saturated heterocycles. The Kier molecular flexibility index (Phi) is 8.85. The van der Waals surface area contributed by atoms with Gasteiger partial charge in [0.25, 0.3) is 0 Å². The molecule has 120 valence electrons. The van der Waals surface area contributed by atoms with Crippen LogP contribution in [0.3, 0.4) is 0 Å². The zero-order valence-corrected chi connectivity index (χ0v) is 12.7. The predicted octanol–water partition coefficient (Wildman–Crippen LogP) is 3.19. The lowest BCUT2D eigenvalue weighted by molar-refractivity contribution is -0.162. The van der Waals surface area contributed by atoms with Crippen LogP contribution < -0.4 is 5.73 Å². The summed E-state index contributed by atoms with van der Waals surface area (Å²) >= 11 is 0. The second-order valence-corrected chi connectivity index (χ2v) is 5.72. The van der Waals surface area contributed by atoms with Crippen LogP contribution >= 0.6 is 0 Å². The van der Waals surface area contributed by atoms with Crippen molar-refractivity contribution in [3.63, 3.8) is 0 Å². The highest BCUT2D eigenvalue weighted by atomic mass is 19.4. The second-order valence-electron chi connectivity index (χ2n) is 5.72. The largest absolute Gasteiger partial charge is 0.406 e. The third kappa shape index (κ3) is 9.18. The highest BCUT2D eigenvalue weighted by Gasteiger charge is 2.33. The number of carbonyl (C=O) groups is 1. The van der Waals surface area contributed by atoms with Gasteiger partial charge in [0.2, 0.25) is 5.91 Å². The molecule has 3 nitrogen and oxygen atoms in total. The van der Waals surface area contributed by atoms with Crippen molar-refractivity contribution >= 4 is 5.91 Å². The van der Waals surface area contributed by atoms with Crippen molar-refractivity contribution in [2.45, 2.75) is 52.6 Å². The number of amides is 1. The number of hydrogen-bond acceptors (Lipinski definition) is 2. The van der Waals surface area contributed by atoms with E-state index in [1.165, 1.54) is 0 Å². The molecule has 0 radical (unpaired) electrons. The van der Waals surface area contributed by atoms with Crippen molar-refractivity contribution in [2.24, 2.45) is 17.6 Å². The Morgan fingerprint density at radius 2 is 1.90 bits per heavy atom. The van der Waals surface area contributed by atoms with Crippen LogP contribution in [0.25, 0.3) is 0 Å². The van der Waals surface area contributed by atoms with Gasteiger partial charge in [0.05, 0.1) is 0 Å². The van der Waals surface area contributed by atoms with Crippen LogP contribution in [0.2, 0.25) is 0 Å². The molecular formula is C14H27F3N2O. The number of nitrogens with two attached hydrogens (primary N) is 1. The van der Waals surface area contributed by atoms with Gasteiger partial charge < -0.3 is 10.6 Å². The van der Waals surface area contributed by atoms with Gasteiger partial charge in [-0.1, -0.05) is 27.2 Å². The number of halogens is 3. The summed E-state index contributed by atoms with van der Waals surface area (Å²) in [7, 11) is 0. The van der Waals surface area contributed by atoms with E-state index in [0.29, 0.717) is 18.9 Å². The monoisotopic (exact) mass is 296 g/mol. The fraction of sp³-hybridized carbons (Fsp3) is 0.929. The highest BCUT2D eigenvalue weighted by Crippen LogP contribution is 2.20. The molecule has 0 spiro atoms. The van der Waals surface area contributed by atoms with Gasteiger partial charge in [-0.2, -0.15) is 13.2 Å². The standard InChI is InChI=1S/C14H27F3N2O/c1-4-5-6-19(10-14(15,16)17)13(20)8-12(9-18)7-11(2)3/h11-12H,4-10,18H2,1-3H3. The van der Waals surface area contributed by atoms with Crippen LogP contribution in [0.15, 0.2) is 0 Å². The maximum atomic E-state index is 12.5. The maximum Gasteiger partial charge on any atom is 0.406 e. The van der Waals surface area contributed by atoms with Crippen LogP contribution in [-0.4, -0.2) is 36.6 Å². The Morgan fingerprint density at radius 1 is 1.30 bits per heavy atom. The minimum Gasteiger partial charge on any atom is -0.334 e. The van der Waals surface area contributed by atoms with Gasteiger partial charge >= 0.3 is 6.18 Å². The lowest BCUT2D eigenvalue weighted by atomic mass is 9.93. The minimum absolute atomic E-state index is 0.0418. The molecule has 0 aliphatic carbocycles. The molecule has 1 atom stereocenters. The summed E-state index contributed by atoms with van der Waals surface area (Å²) in [5.41, 5.74) is 5.60. The first-order valence-corrected chi connectivity index (χ1v) is 7.24. The maximum absolute atomic E-state index is 12.5. The molecule has 0 bridgehead atoms. The Hall–Kier alpha value is -0.780. The van der Waals surface area contributed by atoms with Crippen molar-refractivity contribution in [1.82, 2.24) is 4.90 Å². The summed E-state index contributed by atoms with van der Waals surface area (Å²) in [5, 5.41) is 0. The van der Waals surface area contributed by atoms with Crippen LogP contribution in [0.5, 0.6) is 0 Å². The molecule has 20 heavy (non-hydrogen) atoms. The summed E-state index contributed by atoms with van der Waals surface area (Å²) in [6, 6.07) is 0. The van der Waals surface area contributed by atoms with Gasteiger partial charge in [0, 0.05) is 13.0 Å². The Morgan fingerprint density at radius 3 is 2.30 bits per heavy atom. The number of alkyl halides is 3. The summed E-state index contributed by atoms with van der Waals surface area (Å²) < 4.78 is 37.5. The van der Waals surface area contributed by atoms with Crippen molar-refractivity contribution in [3.8, 4) is 0 Å². The van der Waals surface area contributed by atoms with E-state index >= 15 is 0 Å². The molecule has 0 saturated carbocycles. The molecule has 0 aromatic heterocycles. The van der Waals surface area contributed by atoms with Crippen molar-refractivity contribution in [3.05, 3.63) is 0 Å². The van der Waals surface area contributed by atoms with Gasteiger partial charge in [0.1, 0.15) is 6.54 Å². The number of rotatable bonds is 9. The van der Waals surface area contributed by atoms with Gasteiger partial charge in [0.15, 0.2) is 0 Å². The Labute approximate surface area is 119 Å². The third-order valence-electron chi connectivity index (χ3n) is 3.11. The van der Waals surface area contributed by atoms with E-state index in [2.05, 4.69) is 0 Å². The van der Waals surface area contributed by atoms with Gasteiger partial charge in [-0.3, -0.25) is 4.79 Å². The quantitative estimate of drug-likeness (QED) is 0.710. The fourth-order valence-electron chi connectivity index (χ4n) is 2.16. The zero-order valence-electron chi connectivity index (χ0n) is 12.7. The van der Waals surface area contributed by atoms with Crippen LogP contribution in [0.1, 0.15) is 46.5 Å². The summed E-state index contributed by atoms with van der Waals surface area (Å²) in [5.74, 6) is -0.102. The van der Waals surface area contributed by atoms with E-state index in [4.69, 9.17) is 5.73 Å². The second kappa shape index (κ2) is 9.21. The molecule has 1 amide bonds. The molecule has 0 heterocycles. The molecule has 2 N–H and O–H groups in total. The first-order valence-electron chi connectivity index (χ1n) is 7.24. The van der Waals surface area contributed by atoms with Gasteiger partial charge in [-0.15, -0.1) is 0 Å². The van der Waals surface area contributed by atoms with Crippen molar-refractivity contribution < 1.29 is 18.0 Å². The molecule has 0 fully saturated rings. The molecule has 1 unspecified atom stereocenters. The topological polar surface area (TPSA) is 46.3 Å². The highest BCUT2D eigenvalue weighted by molar-refractivity contribution is 5.76. The van der Waals surface area contributed by atoms with Gasteiger partial charge in [-0.05, 0) is 31.2 Å². The number of unbranched alkanes of at least 4 members (excludes halogenated alkanes) is 1. The normalized spacial score (nSPS) is 13.6. The SMILES string of the molecule is CCCCN(CC(F)(F)F)C(=O)CC(CN)CC(C)C. The summed E-state index contributed by atoms with van der Waals surface area (Å²) in [6.45, 7) is 5.24. The Bertz CT molecular complexity index is 280. The predicted molar refractivity (Wildman–Crippen MR) is 74.2 cm³/mol. The van der Waals surface area contributed by atoms with Crippen LogP contribution in [-0.2, 0) is 4.79 Å². The van der Waals surface area contributed by atoms with E-state index in [-0.39, 0.29) is 18.9 Å². The summed E-state index contributed by atoms with van der Waals surface area (Å²) in [6.07, 6.45) is -2.14. The zero-order chi connectivity index (χ0) is 15.8. The van der Waals surface area contributed by atoms with Crippen LogP contribution in [0, 0.1) is 11.8 Å². The number of nitrogens with zero attached hydrogens (tertiary/aromatic N) is 1. The lowest BCUT2D eigenvalue weighted by Crippen LogP contribution is -2.41. The number of hydrogen-bond donors (Lipinski definition) is 1. The fourth-order valence-corrected chi connectivity index (χ4v) is 2.16. The van der Waals surface area contributed by atoms with E-state index < -0.39 is 18.6 Å². The molecule has 6 heteroatoms. The molecule has 0 aliphatic rings. The minimum atomic E-state index is -4.35. The van der Waals surface area contributed by atoms with E-state index in [1.54, 1.807) is 0 Å². The molecule has 0 rings (SSSR count). The lowest BCUT2D eigenvalue weighted by Gasteiger charge is -2.26.